The number of benzene rings is 2. The van der Waals surface area contributed by atoms with Gasteiger partial charge in [-0.1, -0.05) is 45.8 Å². The second-order valence-electron chi connectivity index (χ2n) is 4.63. The highest BCUT2D eigenvalue weighted by Crippen LogP contribution is 2.28. The molecule has 0 fully saturated rings. The molecule has 3 nitrogen and oxygen atoms in total. The van der Waals surface area contributed by atoms with Crippen LogP contribution in [0.1, 0.15) is 11.1 Å². The topological polar surface area (TPSA) is 38.3 Å². The van der Waals surface area contributed by atoms with Gasteiger partial charge < -0.3 is 10.1 Å². The molecule has 0 saturated carbocycles. The van der Waals surface area contributed by atoms with Crippen molar-refractivity contribution in [2.75, 3.05) is 6.61 Å². The number of nitrogens with one attached hydrogen (secondary N) is 1. The van der Waals surface area contributed by atoms with Crippen LogP contribution < -0.4 is 10.1 Å². The summed E-state index contributed by atoms with van der Waals surface area (Å²) in [6.07, 6.45) is 0. The van der Waals surface area contributed by atoms with E-state index in [9.17, 15) is 4.79 Å². The first kappa shape index (κ1) is 16.0. The lowest BCUT2D eigenvalue weighted by molar-refractivity contribution is -0.123. The average Bonchev–Trinajstić information content (AvgIpc) is 2.46. The van der Waals surface area contributed by atoms with Crippen molar-refractivity contribution in [3.63, 3.8) is 0 Å². The fraction of sp³-hybridized carbons (Fsp3) is 0.188. The van der Waals surface area contributed by atoms with Crippen LogP contribution in [-0.4, -0.2) is 12.5 Å². The van der Waals surface area contributed by atoms with Gasteiger partial charge in [0.2, 0.25) is 0 Å². The summed E-state index contributed by atoms with van der Waals surface area (Å²) in [4.78, 5) is 11.8. The molecule has 0 aliphatic rings. The molecule has 0 saturated heterocycles. The van der Waals surface area contributed by atoms with Crippen molar-refractivity contribution in [1.29, 1.82) is 0 Å². The molecular formula is C16H15Br2NO2. The molecule has 2 rings (SSSR count). The molecule has 5 heteroatoms. The van der Waals surface area contributed by atoms with Gasteiger partial charge in [0.1, 0.15) is 5.75 Å². The maximum atomic E-state index is 11.8. The largest absolute Gasteiger partial charge is 0.483 e. The molecule has 2 aromatic carbocycles. The first-order chi connectivity index (χ1) is 10.0. The number of amides is 1. The van der Waals surface area contributed by atoms with Gasteiger partial charge in [0.05, 0.1) is 4.47 Å². The van der Waals surface area contributed by atoms with Gasteiger partial charge in [-0.15, -0.1) is 0 Å². The number of aryl methyl sites for hydroxylation is 1. The standard InChI is InChI=1S/C16H15Br2NO2/c1-11-2-4-12(5-3-11)9-19-16(20)10-21-15-7-6-13(17)8-14(15)18/h2-8H,9-10H2,1H3,(H,19,20). The highest BCUT2D eigenvalue weighted by molar-refractivity contribution is 9.11. The second kappa shape index (κ2) is 7.61. The van der Waals surface area contributed by atoms with E-state index in [0.717, 1.165) is 14.5 Å². The van der Waals surface area contributed by atoms with Crippen molar-refractivity contribution in [1.82, 2.24) is 5.32 Å². The van der Waals surface area contributed by atoms with E-state index in [1.807, 2.05) is 43.3 Å². The molecule has 2 aromatic rings. The third-order valence-electron chi connectivity index (χ3n) is 2.86. The van der Waals surface area contributed by atoms with E-state index >= 15 is 0 Å². The first-order valence-corrected chi connectivity index (χ1v) is 8.03. The molecule has 1 amide bonds. The predicted molar refractivity (Wildman–Crippen MR) is 90.4 cm³/mol. The van der Waals surface area contributed by atoms with Gasteiger partial charge in [0.15, 0.2) is 6.61 Å². The van der Waals surface area contributed by atoms with Crippen LogP contribution in [0.4, 0.5) is 0 Å². The van der Waals surface area contributed by atoms with E-state index < -0.39 is 0 Å². The zero-order valence-corrected chi connectivity index (χ0v) is 14.7. The Hall–Kier alpha value is -1.33. The van der Waals surface area contributed by atoms with Crippen molar-refractivity contribution in [3.8, 4) is 5.75 Å². The molecule has 1 N–H and O–H groups in total. The Morgan fingerprint density at radius 3 is 2.52 bits per heavy atom. The summed E-state index contributed by atoms with van der Waals surface area (Å²) in [5.41, 5.74) is 2.27. The monoisotopic (exact) mass is 411 g/mol. The summed E-state index contributed by atoms with van der Waals surface area (Å²) in [5, 5.41) is 2.83. The molecule has 0 radical (unpaired) electrons. The summed E-state index contributed by atoms with van der Waals surface area (Å²) < 4.78 is 7.24. The van der Waals surface area contributed by atoms with Crippen LogP contribution in [0.15, 0.2) is 51.4 Å². The summed E-state index contributed by atoms with van der Waals surface area (Å²) in [7, 11) is 0. The minimum atomic E-state index is -0.148. The van der Waals surface area contributed by atoms with Gasteiger partial charge in [0.25, 0.3) is 5.91 Å². The fourth-order valence-electron chi connectivity index (χ4n) is 1.69. The number of rotatable bonds is 5. The Balaban J connectivity index is 1.80. The van der Waals surface area contributed by atoms with Crippen molar-refractivity contribution >= 4 is 37.8 Å². The van der Waals surface area contributed by atoms with E-state index in [0.29, 0.717) is 12.3 Å². The van der Waals surface area contributed by atoms with Crippen molar-refractivity contribution in [3.05, 3.63) is 62.5 Å². The Morgan fingerprint density at radius 2 is 1.86 bits per heavy atom. The third kappa shape index (κ3) is 5.17. The molecule has 110 valence electrons. The Morgan fingerprint density at radius 1 is 1.14 bits per heavy atom. The number of hydrogen-bond donors (Lipinski definition) is 1. The molecule has 0 aromatic heterocycles. The lowest BCUT2D eigenvalue weighted by Gasteiger charge is -2.09. The Labute approximate surface area is 141 Å². The van der Waals surface area contributed by atoms with Crippen LogP contribution in [0, 0.1) is 6.92 Å². The molecule has 0 heterocycles. The lowest BCUT2D eigenvalue weighted by atomic mass is 10.1. The van der Waals surface area contributed by atoms with Gasteiger partial charge in [-0.25, -0.2) is 0 Å². The number of ether oxygens (including phenoxy) is 1. The number of halogens is 2. The van der Waals surface area contributed by atoms with E-state index in [2.05, 4.69) is 37.2 Å². The Bertz CT molecular complexity index is 627. The molecule has 0 atom stereocenters. The zero-order valence-electron chi connectivity index (χ0n) is 11.5. The molecule has 0 aliphatic heterocycles. The summed E-state index contributed by atoms with van der Waals surface area (Å²) >= 11 is 6.76. The lowest BCUT2D eigenvalue weighted by Crippen LogP contribution is -2.28. The minimum absolute atomic E-state index is 0.00784. The zero-order chi connectivity index (χ0) is 15.2. The average molecular weight is 413 g/mol. The van der Waals surface area contributed by atoms with Crippen LogP contribution in [0.2, 0.25) is 0 Å². The fourth-order valence-corrected chi connectivity index (χ4v) is 2.85. The quantitative estimate of drug-likeness (QED) is 0.798. The van der Waals surface area contributed by atoms with Crippen LogP contribution in [0.5, 0.6) is 5.75 Å². The van der Waals surface area contributed by atoms with Gasteiger partial charge in [0, 0.05) is 11.0 Å². The van der Waals surface area contributed by atoms with Gasteiger partial charge in [-0.2, -0.15) is 0 Å². The molecule has 0 bridgehead atoms. The van der Waals surface area contributed by atoms with Gasteiger partial charge in [-0.05, 0) is 46.6 Å². The first-order valence-electron chi connectivity index (χ1n) is 6.44. The smallest absolute Gasteiger partial charge is 0.258 e. The number of carbonyl (C=O) groups is 1. The Kier molecular flexibility index (Phi) is 5.82. The minimum Gasteiger partial charge on any atom is -0.483 e. The molecule has 0 unspecified atom stereocenters. The summed E-state index contributed by atoms with van der Waals surface area (Å²) in [6, 6.07) is 13.6. The van der Waals surface area contributed by atoms with Crippen LogP contribution in [0.25, 0.3) is 0 Å². The normalized spacial score (nSPS) is 10.2. The third-order valence-corrected chi connectivity index (χ3v) is 3.98. The number of hydrogen-bond acceptors (Lipinski definition) is 2. The van der Waals surface area contributed by atoms with Gasteiger partial charge >= 0.3 is 0 Å². The molecular weight excluding hydrogens is 398 g/mol. The van der Waals surface area contributed by atoms with E-state index in [4.69, 9.17) is 4.74 Å². The molecule has 0 aliphatic carbocycles. The highest BCUT2D eigenvalue weighted by atomic mass is 79.9. The second-order valence-corrected chi connectivity index (χ2v) is 6.40. The maximum Gasteiger partial charge on any atom is 0.258 e. The highest BCUT2D eigenvalue weighted by Gasteiger charge is 2.06. The van der Waals surface area contributed by atoms with Crippen LogP contribution in [0.3, 0.4) is 0 Å². The van der Waals surface area contributed by atoms with Crippen molar-refractivity contribution in [2.45, 2.75) is 13.5 Å². The molecule has 0 spiro atoms. The van der Waals surface area contributed by atoms with Crippen LogP contribution >= 0.6 is 31.9 Å². The van der Waals surface area contributed by atoms with E-state index in [1.165, 1.54) is 5.56 Å². The van der Waals surface area contributed by atoms with Crippen molar-refractivity contribution in [2.24, 2.45) is 0 Å². The maximum absolute atomic E-state index is 11.8. The number of carbonyl (C=O) groups excluding carboxylic acids is 1. The summed E-state index contributed by atoms with van der Waals surface area (Å²) in [5.74, 6) is 0.495. The predicted octanol–water partition coefficient (Wildman–Crippen LogP) is 4.22. The summed E-state index contributed by atoms with van der Waals surface area (Å²) in [6.45, 7) is 2.53. The SMILES string of the molecule is Cc1ccc(CNC(=O)COc2ccc(Br)cc2Br)cc1. The van der Waals surface area contributed by atoms with Gasteiger partial charge in [-0.3, -0.25) is 4.79 Å². The van der Waals surface area contributed by atoms with E-state index in [-0.39, 0.29) is 12.5 Å². The van der Waals surface area contributed by atoms with E-state index in [1.54, 1.807) is 6.07 Å². The van der Waals surface area contributed by atoms with Crippen molar-refractivity contribution < 1.29 is 9.53 Å². The molecule has 21 heavy (non-hydrogen) atoms. The van der Waals surface area contributed by atoms with Crippen LogP contribution in [-0.2, 0) is 11.3 Å².